The predicted molar refractivity (Wildman–Crippen MR) is 96.4 cm³/mol. The van der Waals surface area contributed by atoms with Gasteiger partial charge in [0.2, 0.25) is 5.91 Å². The molecule has 1 unspecified atom stereocenters. The average molecular weight is 352 g/mol. The number of carbonyl (C=O) groups excluding carboxylic acids is 1. The second kappa shape index (κ2) is 7.37. The first-order valence-electron chi connectivity index (χ1n) is 8.20. The van der Waals surface area contributed by atoms with Crippen LogP contribution in [0, 0.1) is 17.8 Å². The van der Waals surface area contributed by atoms with E-state index >= 15 is 0 Å². The van der Waals surface area contributed by atoms with Gasteiger partial charge in [-0.1, -0.05) is 0 Å². The molecule has 8 nitrogen and oxygen atoms in total. The van der Waals surface area contributed by atoms with E-state index in [1.807, 2.05) is 41.1 Å². The molecule has 0 aromatic carbocycles. The molecule has 0 spiro atoms. The molecule has 3 aromatic rings. The van der Waals surface area contributed by atoms with Crippen LogP contribution in [0.5, 0.6) is 0 Å². The second-order valence-corrected chi connectivity index (χ2v) is 6.11. The minimum Gasteiger partial charge on any atom is -0.384 e. The van der Waals surface area contributed by atoms with E-state index in [-0.39, 0.29) is 11.8 Å². The summed E-state index contributed by atoms with van der Waals surface area (Å²) in [5.41, 5.74) is 3.87. The number of carbonyl (C=O) groups is 1. The molecule has 8 heteroatoms. The number of aryl methyl sites for hydroxylation is 1. The molecule has 1 atom stereocenters. The Bertz CT molecular complexity index is 941. The van der Waals surface area contributed by atoms with Crippen molar-refractivity contribution >= 4 is 17.1 Å². The highest BCUT2D eigenvalue weighted by Gasteiger charge is 2.33. The van der Waals surface area contributed by atoms with Gasteiger partial charge in [0.1, 0.15) is 0 Å². The van der Waals surface area contributed by atoms with Crippen molar-refractivity contribution in [3.8, 4) is 17.7 Å². The van der Waals surface area contributed by atoms with Crippen LogP contribution in [0.4, 0.5) is 5.69 Å². The highest BCUT2D eigenvalue weighted by atomic mass is 16.5. The van der Waals surface area contributed by atoms with E-state index in [4.69, 9.17) is 10.00 Å². The Morgan fingerprint density at radius 1 is 1.31 bits per heavy atom. The van der Waals surface area contributed by atoms with Crippen molar-refractivity contribution in [2.24, 2.45) is 13.0 Å². The van der Waals surface area contributed by atoms with E-state index in [1.165, 1.54) is 0 Å². The number of fused-ring (bicyclic) bond motifs is 1. The normalized spacial score (nSPS) is 16.7. The van der Waals surface area contributed by atoms with Crippen molar-refractivity contribution in [2.75, 3.05) is 25.2 Å². The van der Waals surface area contributed by atoms with Crippen molar-refractivity contribution in [3.63, 3.8) is 0 Å². The van der Waals surface area contributed by atoms with Crippen LogP contribution in [0.1, 0.15) is 6.42 Å². The summed E-state index contributed by atoms with van der Waals surface area (Å²) in [4.78, 5) is 14.5. The van der Waals surface area contributed by atoms with Gasteiger partial charge in [-0.25, -0.2) is 9.78 Å². The third kappa shape index (κ3) is 3.05. The van der Waals surface area contributed by atoms with Crippen LogP contribution < -0.4 is 4.90 Å². The predicted octanol–water partition coefficient (Wildman–Crippen LogP) is 1.87. The summed E-state index contributed by atoms with van der Waals surface area (Å²) in [6.45, 7) is 4.68. The van der Waals surface area contributed by atoms with Crippen molar-refractivity contribution < 1.29 is 9.53 Å². The SMILES string of the molecule is C#N.COCC1CCN(c2ccnn3cc(-c4cnn(C)c4)cc23)C1=O. The number of aromatic nitrogens is 4. The van der Waals surface area contributed by atoms with E-state index in [2.05, 4.69) is 22.8 Å². The number of hydrogen-bond donors (Lipinski definition) is 0. The lowest BCUT2D eigenvalue weighted by atomic mass is 10.1. The van der Waals surface area contributed by atoms with Crippen LogP contribution in [0.15, 0.2) is 36.9 Å². The van der Waals surface area contributed by atoms with E-state index in [0.717, 1.165) is 28.8 Å². The number of hydrogen-bond acceptors (Lipinski definition) is 5. The maximum absolute atomic E-state index is 12.6. The summed E-state index contributed by atoms with van der Waals surface area (Å²) < 4.78 is 8.74. The summed E-state index contributed by atoms with van der Waals surface area (Å²) >= 11 is 0. The highest BCUT2D eigenvalue weighted by Crippen LogP contribution is 2.31. The van der Waals surface area contributed by atoms with Crippen molar-refractivity contribution in [3.05, 3.63) is 36.9 Å². The maximum Gasteiger partial charge on any atom is 0.232 e. The van der Waals surface area contributed by atoms with Gasteiger partial charge in [-0.05, 0) is 18.6 Å². The first-order valence-corrected chi connectivity index (χ1v) is 8.20. The molecule has 3 aromatic heterocycles. The lowest BCUT2D eigenvalue weighted by molar-refractivity contribution is -0.121. The van der Waals surface area contributed by atoms with Gasteiger partial charge in [-0.2, -0.15) is 10.2 Å². The van der Waals surface area contributed by atoms with Crippen molar-refractivity contribution in [2.45, 2.75) is 6.42 Å². The number of nitrogens with zero attached hydrogens (tertiary/aromatic N) is 6. The minimum atomic E-state index is -0.0593. The third-order valence-electron chi connectivity index (χ3n) is 4.50. The zero-order chi connectivity index (χ0) is 18.7. The van der Waals surface area contributed by atoms with Gasteiger partial charge in [0.15, 0.2) is 0 Å². The van der Waals surface area contributed by atoms with Crippen LogP contribution in [-0.4, -0.2) is 45.6 Å². The van der Waals surface area contributed by atoms with Gasteiger partial charge in [-0.15, -0.1) is 0 Å². The molecular weight excluding hydrogens is 332 g/mol. The number of rotatable bonds is 4. The van der Waals surface area contributed by atoms with Gasteiger partial charge in [-0.3, -0.25) is 9.48 Å². The third-order valence-corrected chi connectivity index (χ3v) is 4.50. The Morgan fingerprint density at radius 3 is 2.81 bits per heavy atom. The van der Waals surface area contributed by atoms with Crippen LogP contribution >= 0.6 is 0 Å². The summed E-state index contributed by atoms with van der Waals surface area (Å²) in [7, 11) is 3.52. The van der Waals surface area contributed by atoms with Crippen LogP contribution in [-0.2, 0) is 16.6 Å². The van der Waals surface area contributed by atoms with E-state index in [0.29, 0.717) is 13.2 Å². The van der Waals surface area contributed by atoms with E-state index in [1.54, 1.807) is 18.0 Å². The lowest BCUT2D eigenvalue weighted by Gasteiger charge is -2.17. The zero-order valence-electron chi connectivity index (χ0n) is 14.7. The fourth-order valence-corrected chi connectivity index (χ4v) is 3.29. The molecule has 4 heterocycles. The molecule has 134 valence electrons. The van der Waals surface area contributed by atoms with Gasteiger partial charge in [0.25, 0.3) is 0 Å². The van der Waals surface area contributed by atoms with E-state index < -0.39 is 0 Å². The quantitative estimate of drug-likeness (QED) is 0.715. The number of methoxy groups -OCH3 is 1. The van der Waals surface area contributed by atoms with Gasteiger partial charge < -0.3 is 9.64 Å². The van der Waals surface area contributed by atoms with Gasteiger partial charge in [0.05, 0.1) is 29.9 Å². The summed E-state index contributed by atoms with van der Waals surface area (Å²) in [5.74, 6) is 0.0602. The average Bonchev–Trinajstić information content (AvgIpc) is 3.36. The summed E-state index contributed by atoms with van der Waals surface area (Å²) in [6, 6.07) is 3.95. The topological polar surface area (TPSA) is 88.4 Å². The van der Waals surface area contributed by atoms with Gasteiger partial charge >= 0.3 is 0 Å². The summed E-state index contributed by atoms with van der Waals surface area (Å²) in [6.07, 6.45) is 8.29. The number of nitriles is 1. The number of amides is 1. The Hall–Kier alpha value is -3.18. The maximum atomic E-state index is 12.6. The Morgan fingerprint density at radius 2 is 2.12 bits per heavy atom. The second-order valence-electron chi connectivity index (χ2n) is 6.11. The molecule has 1 amide bonds. The van der Waals surface area contributed by atoms with Crippen LogP contribution in [0.2, 0.25) is 0 Å². The lowest BCUT2D eigenvalue weighted by Crippen LogP contribution is -2.28. The van der Waals surface area contributed by atoms with Crippen molar-refractivity contribution in [1.29, 1.82) is 5.26 Å². The van der Waals surface area contributed by atoms with Crippen LogP contribution in [0.3, 0.4) is 0 Å². The molecule has 0 N–H and O–H groups in total. The molecule has 26 heavy (non-hydrogen) atoms. The Labute approximate surface area is 151 Å². The zero-order valence-corrected chi connectivity index (χ0v) is 14.7. The largest absolute Gasteiger partial charge is 0.384 e. The molecule has 4 rings (SSSR count). The van der Waals surface area contributed by atoms with E-state index in [9.17, 15) is 4.79 Å². The minimum absolute atomic E-state index is 0.0593. The molecule has 0 radical (unpaired) electrons. The molecule has 0 aliphatic carbocycles. The first-order chi connectivity index (χ1) is 12.7. The molecular formula is C18H20N6O2. The highest BCUT2D eigenvalue weighted by molar-refractivity contribution is 6.01. The molecule has 1 saturated heterocycles. The number of ether oxygens (including phenoxy) is 1. The molecule has 0 saturated carbocycles. The molecule has 1 fully saturated rings. The summed E-state index contributed by atoms with van der Waals surface area (Å²) in [5, 5.41) is 15.1. The van der Waals surface area contributed by atoms with Crippen molar-refractivity contribution in [1.82, 2.24) is 19.4 Å². The van der Waals surface area contributed by atoms with Crippen LogP contribution in [0.25, 0.3) is 16.6 Å². The first kappa shape index (κ1) is 17.6. The fourth-order valence-electron chi connectivity index (χ4n) is 3.29. The Kier molecular flexibility index (Phi) is 5.00. The molecule has 1 aliphatic rings. The van der Waals surface area contributed by atoms with Gasteiger partial charge in [0, 0.05) is 57.0 Å². The standard InChI is InChI=1S/C17H19N5O2.CHN/c1-20-9-14(8-19-20)13-7-16-15(3-5-18-22(16)10-13)21-6-4-12(11-24-2)17(21)23;1-2/h3,5,7-10,12H,4,6,11H2,1-2H3;1H. The smallest absolute Gasteiger partial charge is 0.232 e. The number of anilines is 1. The fraction of sp³-hybridized carbons (Fsp3) is 0.333. The monoisotopic (exact) mass is 352 g/mol. The molecule has 0 bridgehead atoms. The molecule has 1 aliphatic heterocycles. The Balaban J connectivity index is 0.000000948.